The van der Waals surface area contributed by atoms with E-state index < -0.39 is 10.0 Å². The summed E-state index contributed by atoms with van der Waals surface area (Å²) in [6.45, 7) is 0. The molecule has 2 aromatic carbocycles. The Morgan fingerprint density at radius 1 is 0.957 bits per heavy atom. The molecule has 0 aliphatic carbocycles. The molecule has 4 aromatic rings. The molecule has 0 saturated carbocycles. The van der Waals surface area contributed by atoms with Crippen LogP contribution in [0.5, 0.6) is 0 Å². The summed E-state index contributed by atoms with van der Waals surface area (Å²) < 4.78 is 27.6. The van der Waals surface area contributed by atoms with Crippen LogP contribution < -0.4 is 0 Å². The van der Waals surface area contributed by atoms with Crippen molar-refractivity contribution in [2.24, 2.45) is 0 Å². The molecule has 0 aliphatic heterocycles. The highest BCUT2D eigenvalue weighted by Gasteiger charge is 2.24. The number of hydrogen-bond donors (Lipinski definition) is 1. The summed E-state index contributed by atoms with van der Waals surface area (Å²) in [7, 11) is -3.72. The average molecular weight is 323 g/mol. The Labute approximate surface area is 133 Å². The van der Waals surface area contributed by atoms with Crippen LogP contribution in [-0.2, 0) is 10.0 Å². The summed E-state index contributed by atoms with van der Waals surface area (Å²) in [5.74, 6) is 0.515. The van der Waals surface area contributed by atoms with Gasteiger partial charge in [0, 0.05) is 17.8 Å². The quantitative estimate of drug-likeness (QED) is 0.629. The van der Waals surface area contributed by atoms with Crippen LogP contribution in [0.25, 0.3) is 22.4 Å². The van der Waals surface area contributed by atoms with Crippen LogP contribution in [0, 0.1) is 0 Å². The van der Waals surface area contributed by atoms with Crippen molar-refractivity contribution in [2.45, 2.75) is 4.90 Å². The van der Waals surface area contributed by atoms with Crippen molar-refractivity contribution in [1.82, 2.24) is 13.9 Å². The molecule has 2 heterocycles. The van der Waals surface area contributed by atoms with Gasteiger partial charge in [-0.05, 0) is 24.3 Å². The van der Waals surface area contributed by atoms with Crippen LogP contribution in [0.15, 0.2) is 78.0 Å². The van der Waals surface area contributed by atoms with Gasteiger partial charge in [-0.25, -0.2) is 17.4 Å². The molecule has 5 nitrogen and oxygen atoms in total. The molecule has 2 aromatic heterocycles. The lowest BCUT2D eigenvalue weighted by molar-refractivity contribution is 0.589. The maximum absolute atomic E-state index is 13.1. The molecule has 4 rings (SSSR count). The van der Waals surface area contributed by atoms with E-state index in [0.717, 1.165) is 5.39 Å². The average Bonchev–Trinajstić information content (AvgIpc) is 3.23. The standard InChI is InChI=1S/C17H13N3O2S/c21-23(22,14-7-2-1-3-8-14)20-15-9-5-4-6-13(15)12-16(20)17-18-10-11-19-17/h1-12H,(H,18,19). The van der Waals surface area contributed by atoms with Gasteiger partial charge in [-0.15, -0.1) is 0 Å². The lowest BCUT2D eigenvalue weighted by Crippen LogP contribution is -2.14. The second-order valence-corrected chi connectivity index (χ2v) is 6.90. The summed E-state index contributed by atoms with van der Waals surface area (Å²) >= 11 is 0. The number of rotatable bonds is 3. The Morgan fingerprint density at radius 2 is 1.70 bits per heavy atom. The highest BCUT2D eigenvalue weighted by atomic mass is 32.2. The number of H-pyrrole nitrogens is 1. The summed E-state index contributed by atoms with van der Waals surface area (Å²) in [6, 6.07) is 17.6. The number of aromatic amines is 1. The highest BCUT2D eigenvalue weighted by Crippen LogP contribution is 2.30. The number of aromatic nitrogens is 3. The number of imidazole rings is 1. The Hall–Kier alpha value is -2.86. The topological polar surface area (TPSA) is 67.8 Å². The van der Waals surface area contributed by atoms with Crippen LogP contribution >= 0.6 is 0 Å². The first-order chi connectivity index (χ1) is 11.2. The molecule has 0 saturated heterocycles. The van der Waals surface area contributed by atoms with Gasteiger partial charge in [0.2, 0.25) is 0 Å². The highest BCUT2D eigenvalue weighted by molar-refractivity contribution is 7.90. The Morgan fingerprint density at radius 3 is 2.43 bits per heavy atom. The number of hydrogen-bond acceptors (Lipinski definition) is 3. The van der Waals surface area contributed by atoms with Crippen LogP contribution in [0.2, 0.25) is 0 Å². The summed E-state index contributed by atoms with van der Waals surface area (Å²) in [6.07, 6.45) is 3.28. The first kappa shape index (κ1) is 13.8. The number of nitrogens with one attached hydrogen (secondary N) is 1. The minimum absolute atomic E-state index is 0.245. The van der Waals surface area contributed by atoms with Gasteiger partial charge in [-0.3, -0.25) is 0 Å². The molecule has 1 N–H and O–H groups in total. The molecule has 0 spiro atoms. The predicted octanol–water partition coefficient (Wildman–Crippen LogP) is 3.27. The molecule has 23 heavy (non-hydrogen) atoms. The minimum Gasteiger partial charge on any atom is -0.343 e. The van der Waals surface area contributed by atoms with Gasteiger partial charge in [0.05, 0.1) is 10.4 Å². The molecule has 0 radical (unpaired) electrons. The fourth-order valence-corrected chi connectivity index (χ4v) is 4.19. The Balaban J connectivity index is 2.08. The first-order valence-electron chi connectivity index (χ1n) is 7.09. The zero-order chi connectivity index (χ0) is 15.9. The van der Waals surface area contributed by atoms with E-state index in [1.165, 1.54) is 3.97 Å². The largest absolute Gasteiger partial charge is 0.343 e. The van der Waals surface area contributed by atoms with E-state index in [1.54, 1.807) is 48.8 Å². The van der Waals surface area contributed by atoms with Crippen molar-refractivity contribution in [3.8, 4) is 11.5 Å². The first-order valence-corrected chi connectivity index (χ1v) is 8.53. The second-order valence-electron chi connectivity index (χ2n) is 5.11. The molecule has 0 fully saturated rings. The zero-order valence-electron chi connectivity index (χ0n) is 12.0. The fourth-order valence-electron chi connectivity index (χ4n) is 2.66. The van der Waals surface area contributed by atoms with Crippen LogP contribution in [0.3, 0.4) is 0 Å². The van der Waals surface area contributed by atoms with E-state index in [4.69, 9.17) is 0 Å². The molecule has 0 aliphatic rings. The van der Waals surface area contributed by atoms with Crippen molar-refractivity contribution in [2.75, 3.05) is 0 Å². The molecule has 0 amide bonds. The lowest BCUT2D eigenvalue weighted by atomic mass is 10.2. The Kier molecular flexibility index (Phi) is 3.06. The predicted molar refractivity (Wildman–Crippen MR) is 88.5 cm³/mol. The molecule has 0 bridgehead atoms. The van der Waals surface area contributed by atoms with Crippen LogP contribution in [0.4, 0.5) is 0 Å². The van der Waals surface area contributed by atoms with Gasteiger partial charge in [0.15, 0.2) is 5.82 Å². The number of benzene rings is 2. The van der Waals surface area contributed by atoms with Gasteiger partial charge in [0.1, 0.15) is 5.69 Å². The van der Waals surface area contributed by atoms with Gasteiger partial charge in [0.25, 0.3) is 10.0 Å². The monoisotopic (exact) mass is 323 g/mol. The zero-order valence-corrected chi connectivity index (χ0v) is 12.9. The molecular weight excluding hydrogens is 310 g/mol. The van der Waals surface area contributed by atoms with E-state index in [1.807, 2.05) is 24.3 Å². The summed E-state index contributed by atoms with van der Waals surface area (Å²) in [4.78, 5) is 7.44. The fraction of sp³-hybridized carbons (Fsp3) is 0. The van der Waals surface area contributed by atoms with E-state index in [0.29, 0.717) is 17.0 Å². The number of nitrogens with zero attached hydrogens (tertiary/aromatic N) is 2. The molecule has 0 unspecified atom stereocenters. The van der Waals surface area contributed by atoms with E-state index in [2.05, 4.69) is 9.97 Å². The van der Waals surface area contributed by atoms with E-state index >= 15 is 0 Å². The molecule has 114 valence electrons. The van der Waals surface area contributed by atoms with Crippen molar-refractivity contribution in [3.63, 3.8) is 0 Å². The normalized spacial score (nSPS) is 11.8. The minimum atomic E-state index is -3.72. The maximum atomic E-state index is 13.1. The molecular formula is C17H13N3O2S. The van der Waals surface area contributed by atoms with E-state index in [-0.39, 0.29) is 4.90 Å². The van der Waals surface area contributed by atoms with Gasteiger partial charge in [-0.2, -0.15) is 0 Å². The Bertz CT molecular complexity index is 1070. The van der Waals surface area contributed by atoms with Crippen LogP contribution in [0.1, 0.15) is 0 Å². The third-order valence-electron chi connectivity index (χ3n) is 3.69. The third kappa shape index (κ3) is 2.15. The van der Waals surface area contributed by atoms with E-state index in [9.17, 15) is 8.42 Å². The van der Waals surface area contributed by atoms with Gasteiger partial charge in [-0.1, -0.05) is 36.4 Å². The summed E-state index contributed by atoms with van der Waals surface area (Å²) in [5, 5.41) is 0.846. The van der Waals surface area contributed by atoms with Crippen molar-refractivity contribution < 1.29 is 8.42 Å². The second kappa shape index (κ2) is 5.10. The maximum Gasteiger partial charge on any atom is 0.268 e. The lowest BCUT2D eigenvalue weighted by Gasteiger charge is -2.10. The SMILES string of the molecule is O=S(=O)(c1ccccc1)n1c(-c2ncc[nH]2)cc2ccccc21. The number of para-hydroxylation sites is 1. The van der Waals surface area contributed by atoms with Crippen molar-refractivity contribution in [3.05, 3.63) is 73.1 Å². The number of fused-ring (bicyclic) bond motifs is 1. The summed E-state index contributed by atoms with van der Waals surface area (Å²) in [5.41, 5.74) is 1.14. The molecule has 0 atom stereocenters. The smallest absolute Gasteiger partial charge is 0.268 e. The third-order valence-corrected chi connectivity index (χ3v) is 5.43. The van der Waals surface area contributed by atoms with Crippen LogP contribution in [-0.4, -0.2) is 22.4 Å². The van der Waals surface area contributed by atoms with Crippen molar-refractivity contribution in [1.29, 1.82) is 0 Å². The molecule has 6 heteroatoms. The van der Waals surface area contributed by atoms with Gasteiger partial charge >= 0.3 is 0 Å². The van der Waals surface area contributed by atoms with Crippen molar-refractivity contribution >= 4 is 20.9 Å². The van der Waals surface area contributed by atoms with Gasteiger partial charge < -0.3 is 4.98 Å².